The number of aromatic nitrogens is 2. The highest BCUT2D eigenvalue weighted by Crippen LogP contribution is 2.25. The molecule has 1 aromatic carbocycles. The lowest BCUT2D eigenvalue weighted by Crippen LogP contribution is -3.06. The molecule has 3 aromatic rings. The van der Waals surface area contributed by atoms with Crippen LogP contribution in [0.4, 0.5) is 0 Å². The minimum Gasteiger partial charge on any atom is -0.466 e. The summed E-state index contributed by atoms with van der Waals surface area (Å²) >= 11 is 5.91. The molecule has 23 heavy (non-hydrogen) atoms. The first-order valence-electron chi connectivity index (χ1n) is 7.47. The lowest BCUT2D eigenvalue weighted by atomic mass is 10.2. The molecule has 0 spiro atoms. The summed E-state index contributed by atoms with van der Waals surface area (Å²) in [5, 5.41) is 9.01. The molecule has 2 aromatic heterocycles. The summed E-state index contributed by atoms with van der Waals surface area (Å²) < 4.78 is 11.3. The Morgan fingerprint density at radius 2 is 1.78 bits per heavy atom. The molecule has 0 aliphatic rings. The molecule has 1 N–H and O–H groups in total. The van der Waals surface area contributed by atoms with Gasteiger partial charge < -0.3 is 13.7 Å². The minimum absolute atomic E-state index is 0.508. The van der Waals surface area contributed by atoms with E-state index >= 15 is 0 Å². The molecular formula is C17H19ClN3O2+. The summed E-state index contributed by atoms with van der Waals surface area (Å²) in [7, 11) is 2.09. The van der Waals surface area contributed by atoms with E-state index in [4.69, 9.17) is 20.4 Å². The maximum absolute atomic E-state index is 5.91. The highest BCUT2D eigenvalue weighted by atomic mass is 35.5. The molecule has 0 aliphatic heterocycles. The lowest BCUT2D eigenvalue weighted by Gasteiger charge is -2.11. The van der Waals surface area contributed by atoms with E-state index in [9.17, 15) is 0 Å². The summed E-state index contributed by atoms with van der Waals surface area (Å²) in [6.07, 6.45) is 0. The topological polar surface area (TPSA) is 56.5 Å². The van der Waals surface area contributed by atoms with Gasteiger partial charge >= 0.3 is 0 Å². The Bertz CT molecular complexity index is 793. The van der Waals surface area contributed by atoms with E-state index in [1.807, 2.05) is 44.2 Å². The van der Waals surface area contributed by atoms with Crippen LogP contribution in [0, 0.1) is 13.8 Å². The van der Waals surface area contributed by atoms with E-state index in [-0.39, 0.29) is 0 Å². The van der Waals surface area contributed by atoms with Crippen LogP contribution in [0.15, 0.2) is 39.2 Å². The van der Waals surface area contributed by atoms with Gasteiger partial charge in [0.15, 0.2) is 6.54 Å². The highest BCUT2D eigenvalue weighted by Gasteiger charge is 2.16. The van der Waals surface area contributed by atoms with Crippen molar-refractivity contribution in [2.45, 2.75) is 26.9 Å². The van der Waals surface area contributed by atoms with Crippen LogP contribution in [-0.4, -0.2) is 17.2 Å². The molecule has 2 heterocycles. The Hall–Kier alpha value is -2.11. The number of hydrogen-bond donors (Lipinski definition) is 1. The number of benzene rings is 1. The van der Waals surface area contributed by atoms with Crippen molar-refractivity contribution in [1.82, 2.24) is 10.2 Å². The van der Waals surface area contributed by atoms with Gasteiger partial charge in [-0.25, -0.2) is 0 Å². The lowest BCUT2D eigenvalue weighted by molar-refractivity contribution is -0.909. The quantitative estimate of drug-likeness (QED) is 0.780. The van der Waals surface area contributed by atoms with Crippen LogP contribution in [-0.2, 0) is 13.1 Å². The molecule has 1 unspecified atom stereocenters. The van der Waals surface area contributed by atoms with Gasteiger partial charge in [-0.3, -0.25) is 0 Å². The second kappa shape index (κ2) is 6.56. The van der Waals surface area contributed by atoms with Crippen LogP contribution in [0.3, 0.4) is 0 Å². The van der Waals surface area contributed by atoms with Crippen LogP contribution >= 0.6 is 11.6 Å². The third kappa shape index (κ3) is 3.81. The molecular weight excluding hydrogens is 314 g/mol. The molecule has 120 valence electrons. The van der Waals surface area contributed by atoms with E-state index in [2.05, 4.69) is 17.2 Å². The van der Waals surface area contributed by atoms with Gasteiger partial charge in [0.1, 0.15) is 18.1 Å². The molecule has 5 nitrogen and oxygen atoms in total. The highest BCUT2D eigenvalue weighted by molar-refractivity contribution is 6.30. The number of nitrogens with one attached hydrogen (secondary N) is 1. The first-order chi connectivity index (χ1) is 11.0. The maximum atomic E-state index is 5.91. The number of rotatable bonds is 5. The average molecular weight is 333 g/mol. The Morgan fingerprint density at radius 1 is 1.04 bits per heavy atom. The van der Waals surface area contributed by atoms with Crippen LogP contribution in [0.25, 0.3) is 11.5 Å². The number of hydrogen-bond acceptors (Lipinski definition) is 4. The van der Waals surface area contributed by atoms with Crippen molar-refractivity contribution < 1.29 is 13.7 Å². The maximum Gasteiger partial charge on any atom is 0.271 e. The third-order valence-corrected chi connectivity index (χ3v) is 3.86. The van der Waals surface area contributed by atoms with Crippen molar-refractivity contribution in [3.8, 4) is 11.5 Å². The van der Waals surface area contributed by atoms with Gasteiger partial charge in [-0.15, -0.1) is 10.2 Å². The van der Waals surface area contributed by atoms with Crippen molar-refractivity contribution >= 4 is 11.6 Å². The van der Waals surface area contributed by atoms with Gasteiger partial charge in [-0.05, 0) is 32.0 Å². The van der Waals surface area contributed by atoms with Gasteiger partial charge in [0.2, 0.25) is 0 Å². The second-order valence-corrected chi connectivity index (χ2v) is 6.20. The summed E-state index contributed by atoms with van der Waals surface area (Å²) in [5.41, 5.74) is 2.07. The standard InChI is InChI=1S/C17H18ClN3O2/c1-11-8-15(12(2)22-11)17-20-19-16(23-17)10-21(3)9-13-4-6-14(18)7-5-13/h4-8H,9-10H2,1-3H3/p+1. The Morgan fingerprint density at radius 3 is 2.43 bits per heavy atom. The van der Waals surface area contributed by atoms with Crippen molar-refractivity contribution in [2.75, 3.05) is 7.05 Å². The third-order valence-electron chi connectivity index (χ3n) is 3.61. The number of aryl methyl sites for hydroxylation is 2. The summed E-state index contributed by atoms with van der Waals surface area (Å²) in [6.45, 7) is 5.31. The number of quaternary nitrogens is 1. The van der Waals surface area contributed by atoms with Gasteiger partial charge in [0.25, 0.3) is 11.8 Å². The second-order valence-electron chi connectivity index (χ2n) is 5.76. The molecule has 0 fully saturated rings. The zero-order valence-electron chi connectivity index (χ0n) is 13.4. The van der Waals surface area contributed by atoms with Crippen molar-refractivity contribution in [3.05, 3.63) is 58.3 Å². The molecule has 6 heteroatoms. The minimum atomic E-state index is 0.508. The fraction of sp³-hybridized carbons (Fsp3) is 0.294. The average Bonchev–Trinajstić information content (AvgIpc) is 3.07. The largest absolute Gasteiger partial charge is 0.466 e. The van der Waals surface area contributed by atoms with Crippen molar-refractivity contribution in [3.63, 3.8) is 0 Å². The normalized spacial score (nSPS) is 12.5. The first kappa shape index (κ1) is 15.8. The van der Waals surface area contributed by atoms with E-state index in [0.29, 0.717) is 18.3 Å². The number of furan rings is 1. The van der Waals surface area contributed by atoms with Crippen LogP contribution in [0.2, 0.25) is 5.02 Å². The Kier molecular flexibility index (Phi) is 4.50. The van der Waals surface area contributed by atoms with Crippen LogP contribution < -0.4 is 4.90 Å². The number of halogens is 1. The van der Waals surface area contributed by atoms with E-state index in [1.165, 1.54) is 10.5 Å². The van der Waals surface area contributed by atoms with E-state index < -0.39 is 0 Å². The zero-order chi connectivity index (χ0) is 16.4. The molecule has 0 radical (unpaired) electrons. The van der Waals surface area contributed by atoms with Gasteiger partial charge in [-0.2, -0.15) is 0 Å². The van der Waals surface area contributed by atoms with Crippen LogP contribution in [0.5, 0.6) is 0 Å². The Balaban J connectivity index is 1.66. The van der Waals surface area contributed by atoms with Crippen molar-refractivity contribution in [2.24, 2.45) is 0 Å². The predicted octanol–water partition coefficient (Wildman–Crippen LogP) is 2.81. The monoisotopic (exact) mass is 332 g/mol. The van der Waals surface area contributed by atoms with E-state index in [1.54, 1.807) is 0 Å². The molecule has 3 rings (SSSR count). The fourth-order valence-electron chi connectivity index (χ4n) is 2.55. The predicted molar refractivity (Wildman–Crippen MR) is 87.2 cm³/mol. The van der Waals surface area contributed by atoms with Gasteiger partial charge in [0.05, 0.1) is 12.6 Å². The summed E-state index contributed by atoms with van der Waals surface area (Å²) in [6, 6.07) is 9.78. The van der Waals surface area contributed by atoms with E-state index in [0.717, 1.165) is 28.7 Å². The fourth-order valence-corrected chi connectivity index (χ4v) is 2.67. The molecule has 0 saturated heterocycles. The molecule has 1 atom stereocenters. The van der Waals surface area contributed by atoms with Gasteiger partial charge in [-0.1, -0.05) is 23.7 Å². The van der Waals surface area contributed by atoms with Crippen molar-refractivity contribution in [1.29, 1.82) is 0 Å². The first-order valence-corrected chi connectivity index (χ1v) is 7.84. The van der Waals surface area contributed by atoms with Gasteiger partial charge in [0, 0.05) is 10.6 Å². The smallest absolute Gasteiger partial charge is 0.271 e. The Labute approximate surface area is 139 Å². The molecule has 0 aliphatic carbocycles. The SMILES string of the molecule is Cc1cc(-c2nnc(C[NH+](C)Cc3ccc(Cl)cc3)o2)c(C)o1. The summed E-state index contributed by atoms with van der Waals surface area (Å²) in [4.78, 5) is 1.25. The molecule has 0 bridgehead atoms. The summed E-state index contributed by atoms with van der Waals surface area (Å²) in [5.74, 6) is 2.75. The zero-order valence-corrected chi connectivity index (χ0v) is 14.1. The molecule has 0 amide bonds. The number of nitrogens with zero attached hydrogens (tertiary/aromatic N) is 2. The molecule has 0 saturated carbocycles. The van der Waals surface area contributed by atoms with Crippen LogP contribution in [0.1, 0.15) is 23.0 Å².